The molecule has 5 aromatic rings. The molecule has 0 fully saturated rings. The van der Waals surface area contributed by atoms with Crippen molar-refractivity contribution in [1.29, 1.82) is 0 Å². The molecular weight excluding hydrogens is 368 g/mol. The predicted octanol–water partition coefficient (Wildman–Crippen LogP) is 6.05. The summed E-state index contributed by atoms with van der Waals surface area (Å²) >= 11 is 0. The van der Waals surface area contributed by atoms with E-state index in [9.17, 15) is 0 Å². The van der Waals surface area contributed by atoms with Crippen LogP contribution in [0.2, 0.25) is 0 Å². The van der Waals surface area contributed by atoms with Gasteiger partial charge in [-0.2, -0.15) is 0 Å². The number of nitrogens with zero attached hydrogens (tertiary/aromatic N) is 2. The molecule has 30 heavy (non-hydrogen) atoms. The minimum atomic E-state index is 0.604. The van der Waals surface area contributed by atoms with Gasteiger partial charge in [0.05, 0.1) is 17.6 Å². The fourth-order valence-electron chi connectivity index (χ4n) is 4.04. The molecule has 0 atom stereocenters. The van der Waals surface area contributed by atoms with Crippen molar-refractivity contribution in [2.45, 2.75) is 19.4 Å². The molecule has 5 rings (SSSR count). The molecule has 0 aliphatic heterocycles. The summed E-state index contributed by atoms with van der Waals surface area (Å²) in [5, 5.41) is 2.35. The second-order valence-electron chi connectivity index (χ2n) is 7.48. The van der Waals surface area contributed by atoms with Crippen LogP contribution >= 0.6 is 0 Å². The molecule has 0 spiro atoms. The van der Waals surface area contributed by atoms with Gasteiger partial charge in [0.2, 0.25) is 0 Å². The summed E-state index contributed by atoms with van der Waals surface area (Å²) in [5.74, 6) is 2.05. The highest BCUT2D eigenvalue weighted by Gasteiger charge is 2.11. The van der Waals surface area contributed by atoms with Gasteiger partial charge in [0.15, 0.2) is 0 Å². The van der Waals surface area contributed by atoms with E-state index in [1.807, 2.05) is 12.1 Å². The zero-order valence-electron chi connectivity index (χ0n) is 16.9. The Morgan fingerprint density at radius 3 is 2.40 bits per heavy atom. The highest BCUT2D eigenvalue weighted by molar-refractivity contribution is 5.88. The SMILES string of the molecule is c1ccc(CCc2nc3ccccc3n2CCOc2cccc3ccccc23)cc1. The Labute approximate surface area is 176 Å². The predicted molar refractivity (Wildman–Crippen MR) is 123 cm³/mol. The number of para-hydroxylation sites is 2. The van der Waals surface area contributed by atoms with Crippen molar-refractivity contribution in [3.05, 3.63) is 108 Å². The van der Waals surface area contributed by atoms with E-state index in [0.717, 1.165) is 41.9 Å². The van der Waals surface area contributed by atoms with Crippen LogP contribution in [0.3, 0.4) is 0 Å². The molecule has 0 saturated carbocycles. The zero-order chi connectivity index (χ0) is 20.2. The summed E-state index contributed by atoms with van der Waals surface area (Å²) in [6, 6.07) is 33.5. The molecule has 0 unspecified atom stereocenters. The van der Waals surface area contributed by atoms with Gasteiger partial charge in [0, 0.05) is 11.8 Å². The molecule has 0 amide bonds. The first-order valence-electron chi connectivity index (χ1n) is 10.5. The zero-order valence-corrected chi connectivity index (χ0v) is 16.9. The minimum Gasteiger partial charge on any atom is -0.491 e. The van der Waals surface area contributed by atoms with Crippen molar-refractivity contribution in [3.63, 3.8) is 0 Å². The van der Waals surface area contributed by atoms with Crippen molar-refractivity contribution in [1.82, 2.24) is 9.55 Å². The minimum absolute atomic E-state index is 0.604. The van der Waals surface area contributed by atoms with E-state index >= 15 is 0 Å². The quantitative estimate of drug-likeness (QED) is 0.337. The van der Waals surface area contributed by atoms with Gasteiger partial charge < -0.3 is 9.30 Å². The summed E-state index contributed by atoms with van der Waals surface area (Å²) in [7, 11) is 0. The first-order valence-corrected chi connectivity index (χ1v) is 10.5. The van der Waals surface area contributed by atoms with Gasteiger partial charge in [-0.25, -0.2) is 4.98 Å². The van der Waals surface area contributed by atoms with Gasteiger partial charge in [-0.15, -0.1) is 0 Å². The van der Waals surface area contributed by atoms with Crippen molar-refractivity contribution in [2.75, 3.05) is 6.61 Å². The Hall–Kier alpha value is -3.59. The van der Waals surface area contributed by atoms with E-state index in [-0.39, 0.29) is 0 Å². The van der Waals surface area contributed by atoms with Gasteiger partial charge in [0.25, 0.3) is 0 Å². The number of hydrogen-bond acceptors (Lipinski definition) is 2. The normalized spacial score (nSPS) is 11.2. The average molecular weight is 393 g/mol. The Morgan fingerprint density at radius 2 is 1.47 bits per heavy atom. The molecular formula is C27H24N2O. The summed E-state index contributed by atoms with van der Waals surface area (Å²) < 4.78 is 8.52. The molecule has 4 aromatic carbocycles. The lowest BCUT2D eigenvalue weighted by Gasteiger charge is -2.12. The standard InChI is InChI=1S/C27H24N2O/c1-2-9-21(10-3-1)17-18-27-28-24-14-6-7-15-25(24)29(27)19-20-30-26-16-8-12-22-11-4-5-13-23(22)26/h1-16H,17-20H2. The van der Waals surface area contributed by atoms with Crippen LogP contribution in [0.4, 0.5) is 0 Å². The van der Waals surface area contributed by atoms with E-state index in [1.165, 1.54) is 16.5 Å². The third-order valence-corrected chi connectivity index (χ3v) is 5.54. The van der Waals surface area contributed by atoms with E-state index in [1.54, 1.807) is 0 Å². The monoisotopic (exact) mass is 392 g/mol. The number of fused-ring (bicyclic) bond motifs is 2. The largest absolute Gasteiger partial charge is 0.491 e. The molecule has 0 aliphatic rings. The van der Waals surface area contributed by atoms with Crippen LogP contribution in [0.1, 0.15) is 11.4 Å². The number of hydrogen-bond donors (Lipinski definition) is 0. The van der Waals surface area contributed by atoms with Gasteiger partial charge in [-0.05, 0) is 35.6 Å². The summed E-state index contributed by atoms with van der Waals surface area (Å²) in [4.78, 5) is 4.91. The second-order valence-corrected chi connectivity index (χ2v) is 7.48. The van der Waals surface area contributed by atoms with Crippen molar-refractivity contribution >= 4 is 21.8 Å². The van der Waals surface area contributed by atoms with Crippen LogP contribution in [0.25, 0.3) is 21.8 Å². The van der Waals surface area contributed by atoms with Gasteiger partial charge in [-0.1, -0.05) is 78.9 Å². The first-order chi connectivity index (χ1) is 14.9. The molecule has 1 heterocycles. The van der Waals surface area contributed by atoms with Crippen molar-refractivity contribution < 1.29 is 4.74 Å². The van der Waals surface area contributed by atoms with E-state index < -0.39 is 0 Å². The van der Waals surface area contributed by atoms with Gasteiger partial charge >= 0.3 is 0 Å². The fourth-order valence-corrected chi connectivity index (χ4v) is 4.04. The lowest BCUT2D eigenvalue weighted by atomic mass is 10.1. The highest BCUT2D eigenvalue weighted by atomic mass is 16.5. The number of benzene rings is 4. The van der Waals surface area contributed by atoms with Crippen LogP contribution in [-0.2, 0) is 19.4 Å². The molecule has 1 aromatic heterocycles. The summed E-state index contributed by atoms with van der Waals surface area (Å²) in [6.45, 7) is 1.38. The Kier molecular flexibility index (Phi) is 5.17. The van der Waals surface area contributed by atoms with Crippen LogP contribution in [0.15, 0.2) is 97.1 Å². The maximum atomic E-state index is 6.21. The highest BCUT2D eigenvalue weighted by Crippen LogP contribution is 2.25. The molecule has 0 radical (unpaired) electrons. The molecule has 0 aliphatic carbocycles. The number of aromatic nitrogens is 2. The van der Waals surface area contributed by atoms with Crippen LogP contribution in [0.5, 0.6) is 5.75 Å². The van der Waals surface area contributed by atoms with Crippen LogP contribution in [0, 0.1) is 0 Å². The Bertz CT molecular complexity index is 1270. The summed E-state index contributed by atoms with van der Waals surface area (Å²) in [6.07, 6.45) is 1.89. The molecule has 0 saturated heterocycles. The van der Waals surface area contributed by atoms with Gasteiger partial charge in [0.1, 0.15) is 18.2 Å². The number of aryl methyl sites for hydroxylation is 2. The summed E-state index contributed by atoms with van der Waals surface area (Å²) in [5.41, 5.74) is 3.55. The molecule has 3 heteroatoms. The maximum absolute atomic E-state index is 6.21. The Balaban J connectivity index is 1.36. The Morgan fingerprint density at radius 1 is 0.700 bits per heavy atom. The molecule has 0 N–H and O–H groups in total. The lowest BCUT2D eigenvalue weighted by molar-refractivity contribution is 0.301. The fraction of sp³-hybridized carbons (Fsp3) is 0.148. The number of ether oxygens (including phenoxy) is 1. The van der Waals surface area contributed by atoms with Gasteiger partial charge in [-0.3, -0.25) is 0 Å². The molecule has 148 valence electrons. The first kappa shape index (κ1) is 18.4. The third kappa shape index (κ3) is 3.79. The van der Waals surface area contributed by atoms with E-state index in [0.29, 0.717) is 6.61 Å². The van der Waals surface area contributed by atoms with E-state index in [2.05, 4.69) is 89.5 Å². The van der Waals surface area contributed by atoms with E-state index in [4.69, 9.17) is 9.72 Å². The smallest absolute Gasteiger partial charge is 0.127 e. The second kappa shape index (κ2) is 8.42. The van der Waals surface area contributed by atoms with Crippen molar-refractivity contribution in [3.8, 4) is 5.75 Å². The number of rotatable bonds is 7. The maximum Gasteiger partial charge on any atom is 0.127 e. The van der Waals surface area contributed by atoms with Crippen LogP contribution in [-0.4, -0.2) is 16.2 Å². The van der Waals surface area contributed by atoms with Crippen LogP contribution < -0.4 is 4.74 Å². The van der Waals surface area contributed by atoms with Crippen molar-refractivity contribution in [2.24, 2.45) is 0 Å². The average Bonchev–Trinajstić information content (AvgIpc) is 3.16. The lowest BCUT2D eigenvalue weighted by Crippen LogP contribution is -2.12. The molecule has 3 nitrogen and oxygen atoms in total. The third-order valence-electron chi connectivity index (χ3n) is 5.54. The molecule has 0 bridgehead atoms. The topological polar surface area (TPSA) is 27.1 Å². The number of imidazole rings is 1.